The van der Waals surface area contributed by atoms with Gasteiger partial charge in [-0.3, -0.25) is 14.4 Å². The van der Waals surface area contributed by atoms with Crippen LogP contribution in [0.25, 0.3) is 11.1 Å². The number of carbonyl (C=O) groups excluding carboxylic acids is 2. The van der Waals surface area contributed by atoms with Gasteiger partial charge in [0.15, 0.2) is 0 Å². The molecule has 2 amide bonds. The van der Waals surface area contributed by atoms with Gasteiger partial charge in [-0.15, -0.1) is 0 Å². The fourth-order valence-electron chi connectivity index (χ4n) is 4.93. The molecule has 0 fully saturated rings. The van der Waals surface area contributed by atoms with E-state index in [-0.39, 0.29) is 28.8 Å². The van der Waals surface area contributed by atoms with Crippen LogP contribution in [0.1, 0.15) is 52.6 Å². The van der Waals surface area contributed by atoms with Gasteiger partial charge in [0.05, 0.1) is 29.8 Å². The van der Waals surface area contributed by atoms with Crippen LogP contribution in [0.5, 0.6) is 17.2 Å². The molecule has 0 aliphatic carbocycles. The highest BCUT2D eigenvalue weighted by Crippen LogP contribution is 2.32. The maximum atomic E-state index is 13.6. The molecule has 0 heterocycles. The van der Waals surface area contributed by atoms with Crippen LogP contribution >= 0.6 is 11.6 Å². The second-order valence-electron chi connectivity index (χ2n) is 11.0. The lowest BCUT2D eigenvalue weighted by Gasteiger charge is -2.20. The molecule has 0 aliphatic rings. The number of nitrogens with one attached hydrogen (secondary N) is 2. The van der Waals surface area contributed by atoms with E-state index in [1.54, 1.807) is 42.5 Å². The lowest BCUT2D eigenvalue weighted by atomic mass is 9.98. The lowest BCUT2D eigenvalue weighted by molar-refractivity contribution is -0.137. The van der Waals surface area contributed by atoms with Crippen molar-refractivity contribution < 1.29 is 29.0 Å². The minimum absolute atomic E-state index is 0.00757. The summed E-state index contributed by atoms with van der Waals surface area (Å²) in [7, 11) is 0. The number of hydrogen-bond acceptors (Lipinski definition) is 5. The van der Waals surface area contributed by atoms with Crippen LogP contribution in [0.3, 0.4) is 0 Å². The number of hydrogen-bond donors (Lipinski definition) is 3. The van der Waals surface area contributed by atoms with Gasteiger partial charge in [-0.05, 0) is 85.6 Å². The molecule has 0 aliphatic heterocycles. The van der Waals surface area contributed by atoms with E-state index in [9.17, 15) is 19.5 Å². The summed E-state index contributed by atoms with van der Waals surface area (Å²) < 4.78 is 11.8. The molecule has 238 valence electrons. The third-order valence-electron chi connectivity index (χ3n) is 7.13. The van der Waals surface area contributed by atoms with E-state index in [1.165, 1.54) is 12.1 Å². The van der Waals surface area contributed by atoms with Crippen molar-refractivity contribution in [1.29, 1.82) is 0 Å². The molecule has 8 nitrogen and oxygen atoms in total. The molecule has 5 aromatic rings. The van der Waals surface area contributed by atoms with Gasteiger partial charge in [-0.2, -0.15) is 0 Å². The third-order valence-corrected chi connectivity index (χ3v) is 7.36. The van der Waals surface area contributed by atoms with Crippen LogP contribution in [-0.2, 0) is 4.79 Å². The molecule has 0 bridgehead atoms. The summed E-state index contributed by atoms with van der Waals surface area (Å²) >= 11 is 6.25. The quantitative estimate of drug-likeness (QED) is 0.125. The van der Waals surface area contributed by atoms with Crippen molar-refractivity contribution in [1.82, 2.24) is 5.32 Å². The molecule has 0 aromatic heterocycles. The van der Waals surface area contributed by atoms with Gasteiger partial charge in [0, 0.05) is 16.1 Å². The molecule has 0 radical (unpaired) electrons. The number of rotatable bonds is 12. The molecule has 0 saturated heterocycles. The average molecular weight is 649 g/mol. The Morgan fingerprint density at radius 3 is 2.11 bits per heavy atom. The Balaban J connectivity index is 1.33. The first-order valence-electron chi connectivity index (χ1n) is 15.0. The molecule has 1 unspecified atom stereocenters. The van der Waals surface area contributed by atoms with E-state index in [0.717, 1.165) is 16.9 Å². The molecule has 3 N–H and O–H groups in total. The first kappa shape index (κ1) is 32.8. The Bertz CT molecular complexity index is 1860. The molecule has 9 heteroatoms. The van der Waals surface area contributed by atoms with E-state index in [2.05, 4.69) is 10.6 Å². The Morgan fingerprint density at radius 2 is 1.43 bits per heavy atom. The number of halogens is 1. The highest BCUT2D eigenvalue weighted by atomic mass is 35.5. The van der Waals surface area contributed by atoms with Crippen molar-refractivity contribution in [3.05, 3.63) is 143 Å². The highest BCUT2D eigenvalue weighted by molar-refractivity contribution is 6.31. The van der Waals surface area contributed by atoms with Gasteiger partial charge in [-0.25, -0.2) is 0 Å². The number of ether oxygens (including phenoxy) is 2. The largest absolute Gasteiger partial charge is 0.490 e. The van der Waals surface area contributed by atoms with Crippen molar-refractivity contribution >= 4 is 35.1 Å². The molecular weight excluding hydrogens is 616 g/mol. The van der Waals surface area contributed by atoms with Crippen LogP contribution in [-0.4, -0.2) is 29.0 Å². The summed E-state index contributed by atoms with van der Waals surface area (Å²) in [6.45, 7) is 3.91. The Labute approximate surface area is 277 Å². The second kappa shape index (κ2) is 15.1. The topological polar surface area (TPSA) is 114 Å². The van der Waals surface area contributed by atoms with Gasteiger partial charge in [-0.1, -0.05) is 72.3 Å². The fraction of sp³-hybridized carbons (Fsp3) is 0.132. The number of anilines is 1. The monoisotopic (exact) mass is 648 g/mol. The normalized spacial score (nSPS) is 11.4. The van der Waals surface area contributed by atoms with Crippen LogP contribution < -0.4 is 20.1 Å². The number of carboxylic acid groups (broad SMARTS) is 1. The third kappa shape index (κ3) is 8.77. The van der Waals surface area contributed by atoms with E-state index < -0.39 is 23.8 Å². The number of amides is 2. The van der Waals surface area contributed by atoms with Gasteiger partial charge >= 0.3 is 5.97 Å². The molecule has 0 spiro atoms. The Morgan fingerprint density at radius 1 is 0.766 bits per heavy atom. The maximum absolute atomic E-state index is 13.6. The van der Waals surface area contributed by atoms with E-state index in [0.29, 0.717) is 22.6 Å². The summed E-state index contributed by atoms with van der Waals surface area (Å²) in [6, 6.07) is 34.4. The number of carbonyl (C=O) groups is 3. The number of benzene rings is 5. The highest BCUT2D eigenvalue weighted by Gasteiger charge is 2.22. The molecule has 5 rings (SSSR count). The minimum Gasteiger partial charge on any atom is -0.490 e. The lowest BCUT2D eigenvalue weighted by Crippen LogP contribution is -2.31. The first-order chi connectivity index (χ1) is 22.7. The van der Waals surface area contributed by atoms with Crippen molar-refractivity contribution in [3.8, 4) is 28.4 Å². The molecule has 0 saturated carbocycles. The first-order valence-corrected chi connectivity index (χ1v) is 15.4. The Kier molecular flexibility index (Phi) is 10.5. The van der Waals surface area contributed by atoms with Gasteiger partial charge < -0.3 is 25.2 Å². The van der Waals surface area contributed by atoms with E-state index in [4.69, 9.17) is 21.1 Å². The summed E-state index contributed by atoms with van der Waals surface area (Å²) in [6.07, 6.45) is -0.371. The average Bonchev–Trinajstić information content (AvgIpc) is 3.06. The zero-order valence-corrected chi connectivity index (χ0v) is 26.5. The fourth-order valence-corrected chi connectivity index (χ4v) is 5.10. The number of aliphatic carboxylic acids is 1. The van der Waals surface area contributed by atoms with Crippen LogP contribution in [0.15, 0.2) is 121 Å². The van der Waals surface area contributed by atoms with E-state index >= 15 is 0 Å². The summed E-state index contributed by atoms with van der Waals surface area (Å²) in [5.74, 6) is -0.176. The summed E-state index contributed by atoms with van der Waals surface area (Å²) in [5.41, 5.74) is 3.01. The standard InChI is InChI=1S/C38H33ClN2O6/c1-24(2)46-35-11-7-6-10-31(35)25-12-14-26(15-13-25)34(23-36(42)43)41-38(45)32-22-28(39)18-21-33(32)40-37(44)27-16-19-30(20-17-27)47-29-8-4-3-5-9-29/h3-22,24,34H,23H2,1-2H3,(H,40,44)(H,41,45)(H,42,43). The predicted molar refractivity (Wildman–Crippen MR) is 182 cm³/mol. The van der Waals surface area contributed by atoms with Crippen molar-refractivity contribution in [2.45, 2.75) is 32.4 Å². The van der Waals surface area contributed by atoms with Crippen molar-refractivity contribution in [2.75, 3.05) is 5.32 Å². The van der Waals surface area contributed by atoms with Crippen molar-refractivity contribution in [2.24, 2.45) is 0 Å². The van der Waals surface area contributed by atoms with Gasteiger partial charge in [0.25, 0.3) is 11.8 Å². The molecule has 1 atom stereocenters. The summed E-state index contributed by atoms with van der Waals surface area (Å²) in [4.78, 5) is 38.6. The van der Waals surface area contributed by atoms with Gasteiger partial charge in [0.1, 0.15) is 17.2 Å². The molecule has 47 heavy (non-hydrogen) atoms. The van der Waals surface area contributed by atoms with E-state index in [1.807, 2.05) is 80.6 Å². The van der Waals surface area contributed by atoms with Gasteiger partial charge in [0.2, 0.25) is 0 Å². The van der Waals surface area contributed by atoms with Crippen molar-refractivity contribution in [3.63, 3.8) is 0 Å². The molecule has 5 aromatic carbocycles. The zero-order valence-electron chi connectivity index (χ0n) is 25.8. The predicted octanol–water partition coefficient (Wildman–Crippen LogP) is 8.78. The smallest absolute Gasteiger partial charge is 0.305 e. The minimum atomic E-state index is -1.09. The summed E-state index contributed by atoms with van der Waals surface area (Å²) in [5, 5.41) is 15.5. The maximum Gasteiger partial charge on any atom is 0.305 e. The van der Waals surface area contributed by atoms with Crippen LogP contribution in [0.4, 0.5) is 5.69 Å². The molecular formula is C38H33ClN2O6. The SMILES string of the molecule is CC(C)Oc1ccccc1-c1ccc(C(CC(=O)O)NC(=O)c2cc(Cl)ccc2NC(=O)c2ccc(Oc3ccccc3)cc2)cc1. The van der Waals surface area contributed by atoms with Crippen LogP contribution in [0.2, 0.25) is 5.02 Å². The zero-order chi connectivity index (χ0) is 33.3. The number of para-hydroxylation sites is 2. The Hall–Kier alpha value is -5.60. The second-order valence-corrected chi connectivity index (χ2v) is 11.4. The number of carboxylic acids is 1. The van der Waals surface area contributed by atoms with Crippen LogP contribution in [0, 0.1) is 0 Å².